The summed E-state index contributed by atoms with van der Waals surface area (Å²) in [6.07, 6.45) is 4.92. The summed E-state index contributed by atoms with van der Waals surface area (Å²) in [4.78, 5) is 15.2. The van der Waals surface area contributed by atoms with Gasteiger partial charge >= 0.3 is 5.97 Å². The number of carboxylic acid groups (broad SMARTS) is 1. The number of carboxylic acids is 1. The fourth-order valence-electron chi connectivity index (χ4n) is 2.12. The molecule has 1 N–H and O–H groups in total. The van der Waals surface area contributed by atoms with Crippen molar-refractivity contribution in [3.8, 4) is 0 Å². The molecule has 2 heterocycles. The first-order valence-corrected chi connectivity index (χ1v) is 5.56. The zero-order chi connectivity index (χ0) is 12.6. The number of hydrogen-bond acceptors (Lipinski definition) is 6. The Bertz CT molecular complexity index is 557. The summed E-state index contributed by atoms with van der Waals surface area (Å²) in [7, 11) is 0. The lowest BCUT2D eigenvalue weighted by molar-refractivity contribution is -0.153. The third kappa shape index (κ3) is 1.47. The molecule has 0 atom stereocenters. The first kappa shape index (κ1) is 10.8. The fraction of sp³-hybridized carbons (Fsp3) is 0.556. The number of rotatable bonds is 4. The van der Waals surface area contributed by atoms with E-state index in [9.17, 15) is 9.90 Å². The predicted molar refractivity (Wildman–Crippen MR) is 56.4 cm³/mol. The van der Waals surface area contributed by atoms with Crippen LogP contribution >= 0.6 is 0 Å². The van der Waals surface area contributed by atoms with Gasteiger partial charge in [-0.2, -0.15) is 5.10 Å². The highest BCUT2D eigenvalue weighted by atomic mass is 16.4. The maximum atomic E-state index is 11.4. The van der Waals surface area contributed by atoms with Gasteiger partial charge in [-0.1, -0.05) is 0 Å². The average Bonchev–Trinajstić information content (AvgIpc) is 2.89. The van der Waals surface area contributed by atoms with E-state index in [2.05, 4.69) is 25.6 Å². The summed E-state index contributed by atoms with van der Waals surface area (Å²) < 4.78 is 2.96. The molecule has 0 bridgehead atoms. The van der Waals surface area contributed by atoms with Crippen LogP contribution in [0, 0.1) is 0 Å². The molecule has 0 spiro atoms. The number of nitrogens with zero attached hydrogens (tertiary/aromatic N) is 7. The van der Waals surface area contributed by atoms with E-state index < -0.39 is 11.5 Å². The van der Waals surface area contributed by atoms with Crippen LogP contribution in [0.1, 0.15) is 25.1 Å². The first-order valence-electron chi connectivity index (χ1n) is 5.56. The van der Waals surface area contributed by atoms with E-state index in [1.54, 1.807) is 4.68 Å². The van der Waals surface area contributed by atoms with Gasteiger partial charge < -0.3 is 5.11 Å². The molecular formula is C9H11N7O2. The normalized spacial score (nSPS) is 17.3. The molecule has 1 saturated carbocycles. The largest absolute Gasteiger partial charge is 0.479 e. The quantitative estimate of drug-likeness (QED) is 0.760. The summed E-state index contributed by atoms with van der Waals surface area (Å²) in [6, 6.07) is 0. The van der Waals surface area contributed by atoms with Crippen molar-refractivity contribution >= 4 is 5.97 Å². The second-order valence-corrected chi connectivity index (χ2v) is 4.29. The monoisotopic (exact) mass is 249 g/mol. The molecule has 1 aliphatic rings. The molecule has 0 radical (unpaired) electrons. The average molecular weight is 249 g/mol. The van der Waals surface area contributed by atoms with E-state index in [0.717, 1.165) is 6.42 Å². The highest BCUT2D eigenvalue weighted by Gasteiger charge is 2.48. The van der Waals surface area contributed by atoms with Crippen molar-refractivity contribution in [1.82, 2.24) is 35.0 Å². The minimum Gasteiger partial charge on any atom is -0.479 e. The molecule has 94 valence electrons. The first-order chi connectivity index (χ1) is 8.72. The van der Waals surface area contributed by atoms with Crippen LogP contribution in [-0.2, 0) is 16.9 Å². The van der Waals surface area contributed by atoms with E-state index in [-0.39, 0.29) is 0 Å². The molecule has 0 aliphatic heterocycles. The fourth-order valence-corrected chi connectivity index (χ4v) is 2.12. The van der Waals surface area contributed by atoms with E-state index in [4.69, 9.17) is 0 Å². The lowest BCUT2D eigenvalue weighted by Gasteiger charge is -2.37. The summed E-state index contributed by atoms with van der Waals surface area (Å²) >= 11 is 0. The van der Waals surface area contributed by atoms with Gasteiger partial charge in [0.15, 0.2) is 11.4 Å². The Balaban J connectivity index is 1.94. The van der Waals surface area contributed by atoms with Crippen LogP contribution in [0.4, 0.5) is 0 Å². The Hall–Kier alpha value is -2.32. The van der Waals surface area contributed by atoms with Gasteiger partial charge in [-0.25, -0.2) is 19.1 Å². The number of aromatic nitrogens is 7. The van der Waals surface area contributed by atoms with Crippen molar-refractivity contribution in [2.24, 2.45) is 0 Å². The van der Waals surface area contributed by atoms with Gasteiger partial charge in [-0.15, -0.1) is 5.10 Å². The van der Waals surface area contributed by atoms with Gasteiger partial charge in [-0.05, 0) is 29.7 Å². The third-order valence-electron chi connectivity index (χ3n) is 3.29. The molecule has 0 amide bonds. The van der Waals surface area contributed by atoms with Gasteiger partial charge in [0.2, 0.25) is 0 Å². The minimum absolute atomic E-state index is 0.308. The van der Waals surface area contributed by atoms with Gasteiger partial charge in [0.25, 0.3) is 0 Å². The van der Waals surface area contributed by atoms with E-state index in [1.165, 1.54) is 17.3 Å². The molecule has 9 nitrogen and oxygen atoms in total. The third-order valence-corrected chi connectivity index (χ3v) is 3.29. The molecule has 0 saturated heterocycles. The van der Waals surface area contributed by atoms with Crippen molar-refractivity contribution in [3.05, 3.63) is 18.5 Å². The molecular weight excluding hydrogens is 238 g/mol. The zero-order valence-corrected chi connectivity index (χ0v) is 9.47. The highest BCUT2D eigenvalue weighted by Crippen LogP contribution is 2.39. The lowest BCUT2D eigenvalue weighted by Crippen LogP contribution is -2.49. The molecule has 3 rings (SSSR count). The van der Waals surface area contributed by atoms with Gasteiger partial charge in [0, 0.05) is 0 Å². The number of carbonyl (C=O) groups is 1. The van der Waals surface area contributed by atoms with E-state index >= 15 is 0 Å². The maximum absolute atomic E-state index is 11.4. The molecule has 0 aromatic carbocycles. The standard InChI is InChI=1S/C9H11N7O2/c17-8(18)9(2-1-3-9)16-7(12-13-14-16)4-15-6-10-5-11-15/h5-6H,1-4H2,(H,17,18). The Kier molecular flexibility index (Phi) is 2.32. The molecule has 0 unspecified atom stereocenters. The van der Waals surface area contributed by atoms with Crippen molar-refractivity contribution in [2.75, 3.05) is 0 Å². The maximum Gasteiger partial charge on any atom is 0.331 e. The van der Waals surface area contributed by atoms with Gasteiger partial charge in [0.05, 0.1) is 0 Å². The smallest absolute Gasteiger partial charge is 0.331 e. The Morgan fingerprint density at radius 2 is 2.33 bits per heavy atom. The van der Waals surface area contributed by atoms with Crippen LogP contribution in [0.15, 0.2) is 12.7 Å². The van der Waals surface area contributed by atoms with Crippen molar-refractivity contribution in [2.45, 2.75) is 31.3 Å². The van der Waals surface area contributed by atoms with Gasteiger partial charge in [-0.3, -0.25) is 0 Å². The molecule has 18 heavy (non-hydrogen) atoms. The zero-order valence-electron chi connectivity index (χ0n) is 9.47. The summed E-state index contributed by atoms with van der Waals surface area (Å²) in [5.74, 6) is -0.413. The second-order valence-electron chi connectivity index (χ2n) is 4.29. The predicted octanol–water partition coefficient (Wildman–Crippen LogP) is -0.723. The number of hydrogen-bond donors (Lipinski definition) is 1. The van der Waals surface area contributed by atoms with E-state index in [1.807, 2.05) is 0 Å². The van der Waals surface area contributed by atoms with Crippen LogP contribution in [0.3, 0.4) is 0 Å². The van der Waals surface area contributed by atoms with Crippen LogP contribution in [-0.4, -0.2) is 46.0 Å². The van der Waals surface area contributed by atoms with Crippen LogP contribution in [0.5, 0.6) is 0 Å². The Morgan fingerprint density at radius 3 is 2.89 bits per heavy atom. The topological polar surface area (TPSA) is 112 Å². The summed E-state index contributed by atoms with van der Waals surface area (Å²) in [6.45, 7) is 0.308. The van der Waals surface area contributed by atoms with Crippen LogP contribution < -0.4 is 0 Å². The number of aliphatic carboxylic acids is 1. The van der Waals surface area contributed by atoms with Crippen LogP contribution in [0.25, 0.3) is 0 Å². The summed E-state index contributed by atoms with van der Waals surface area (Å²) in [5, 5.41) is 24.6. The number of tetrazole rings is 1. The Morgan fingerprint density at radius 1 is 1.50 bits per heavy atom. The molecule has 1 aliphatic carbocycles. The van der Waals surface area contributed by atoms with Gasteiger partial charge in [0.1, 0.15) is 19.2 Å². The SMILES string of the molecule is O=C(O)C1(n2nnnc2Cn2cncn2)CCC1. The molecule has 2 aromatic rings. The second kappa shape index (κ2) is 3.86. The molecule has 9 heteroatoms. The summed E-state index contributed by atoms with van der Waals surface area (Å²) in [5.41, 5.74) is -0.987. The molecule has 1 fully saturated rings. The van der Waals surface area contributed by atoms with Crippen molar-refractivity contribution in [1.29, 1.82) is 0 Å². The van der Waals surface area contributed by atoms with E-state index in [0.29, 0.717) is 25.2 Å². The Labute approximate surface area is 101 Å². The van der Waals surface area contributed by atoms with Crippen LogP contribution in [0.2, 0.25) is 0 Å². The lowest BCUT2D eigenvalue weighted by atomic mass is 9.77. The van der Waals surface area contributed by atoms with Crippen molar-refractivity contribution < 1.29 is 9.90 Å². The minimum atomic E-state index is -0.987. The highest BCUT2D eigenvalue weighted by molar-refractivity contribution is 5.77. The van der Waals surface area contributed by atoms with Crippen molar-refractivity contribution in [3.63, 3.8) is 0 Å². The molecule has 2 aromatic heterocycles.